The third kappa shape index (κ3) is 11.1. The average Bonchev–Trinajstić information content (AvgIpc) is 3.47. The zero-order chi connectivity index (χ0) is 29.6. The molecule has 0 spiro atoms. The van der Waals surface area contributed by atoms with Crippen molar-refractivity contribution in [3.63, 3.8) is 0 Å². The lowest BCUT2D eigenvalue weighted by atomic mass is 9.81. The summed E-state index contributed by atoms with van der Waals surface area (Å²) >= 11 is 0. The molecule has 6 heteroatoms. The van der Waals surface area contributed by atoms with Crippen LogP contribution in [0.15, 0.2) is 23.9 Å². The Morgan fingerprint density at radius 3 is 2.44 bits per heavy atom. The number of nitrogens with one attached hydrogen (secondary N) is 2. The van der Waals surface area contributed by atoms with Crippen molar-refractivity contribution >= 4 is 11.4 Å². The van der Waals surface area contributed by atoms with E-state index in [9.17, 15) is 0 Å². The highest BCUT2D eigenvalue weighted by atomic mass is 15.2. The van der Waals surface area contributed by atoms with Crippen LogP contribution in [0.5, 0.6) is 0 Å². The maximum absolute atomic E-state index is 6.45. The molecule has 2 fully saturated rings. The van der Waals surface area contributed by atoms with Gasteiger partial charge in [0.25, 0.3) is 0 Å². The third-order valence-corrected chi connectivity index (χ3v) is 9.36. The molecule has 6 nitrogen and oxygen atoms in total. The highest BCUT2D eigenvalue weighted by Crippen LogP contribution is 2.35. The van der Waals surface area contributed by atoms with Crippen molar-refractivity contribution in [2.45, 2.75) is 124 Å². The van der Waals surface area contributed by atoms with E-state index in [1.165, 1.54) is 113 Å². The topological polar surface area (TPSA) is 59.8 Å². The van der Waals surface area contributed by atoms with Gasteiger partial charge in [0.05, 0.1) is 0 Å². The Bertz CT molecular complexity index is 900. The van der Waals surface area contributed by atoms with Gasteiger partial charge in [0.15, 0.2) is 0 Å². The highest BCUT2D eigenvalue weighted by molar-refractivity contribution is 5.66. The van der Waals surface area contributed by atoms with Crippen LogP contribution in [0.2, 0.25) is 0 Å². The van der Waals surface area contributed by atoms with Gasteiger partial charge in [-0.25, -0.2) is 0 Å². The molecule has 0 amide bonds. The number of aryl methyl sites for hydroxylation is 1. The predicted molar refractivity (Wildman–Crippen MR) is 180 cm³/mol. The lowest BCUT2D eigenvalue weighted by molar-refractivity contribution is 0.266. The van der Waals surface area contributed by atoms with E-state index < -0.39 is 0 Å². The van der Waals surface area contributed by atoms with Gasteiger partial charge in [0.1, 0.15) is 6.29 Å². The van der Waals surface area contributed by atoms with E-state index in [1.54, 1.807) is 5.56 Å². The second-order valence-corrected chi connectivity index (χ2v) is 13.0. The highest BCUT2D eigenvalue weighted by Gasteiger charge is 2.25. The van der Waals surface area contributed by atoms with Crippen LogP contribution in [-0.4, -0.2) is 63.5 Å². The first-order chi connectivity index (χ1) is 19.8. The summed E-state index contributed by atoms with van der Waals surface area (Å²) in [4.78, 5) is 7.67. The van der Waals surface area contributed by atoms with E-state index in [0.717, 1.165) is 32.0 Å². The molecule has 1 atom stereocenters. The number of benzene rings is 1. The molecular formula is C35H64N6. The van der Waals surface area contributed by atoms with Crippen LogP contribution in [0.1, 0.15) is 109 Å². The number of hydrogen-bond acceptors (Lipinski definition) is 6. The average molecular weight is 569 g/mol. The van der Waals surface area contributed by atoms with Crippen LogP contribution in [-0.2, 0) is 6.42 Å². The van der Waals surface area contributed by atoms with Gasteiger partial charge in [-0.1, -0.05) is 25.8 Å². The van der Waals surface area contributed by atoms with Crippen LogP contribution in [0.4, 0.5) is 11.4 Å². The number of anilines is 2. The summed E-state index contributed by atoms with van der Waals surface area (Å²) in [7, 11) is 2.28. The van der Waals surface area contributed by atoms with E-state index in [-0.39, 0.29) is 6.29 Å². The summed E-state index contributed by atoms with van der Waals surface area (Å²) in [5, 5.41) is 7.08. The zero-order valence-electron chi connectivity index (χ0n) is 27.6. The quantitative estimate of drug-likeness (QED) is 0.170. The van der Waals surface area contributed by atoms with Gasteiger partial charge in [-0.05, 0) is 146 Å². The van der Waals surface area contributed by atoms with Crippen LogP contribution in [0.3, 0.4) is 0 Å². The number of nitrogens with zero attached hydrogens (tertiary/aromatic N) is 3. The Labute approximate surface area is 253 Å². The normalized spacial score (nSPS) is 20.8. The van der Waals surface area contributed by atoms with Gasteiger partial charge < -0.3 is 20.0 Å². The fraction of sp³-hybridized carbons (Fsp3) is 0.771. The minimum absolute atomic E-state index is 0.179. The summed E-state index contributed by atoms with van der Waals surface area (Å²) in [5.74, 6) is 0.740. The molecule has 0 radical (unpaired) electrons. The molecule has 2 aliphatic rings. The Balaban J connectivity index is 1.52. The lowest BCUT2D eigenvalue weighted by Gasteiger charge is -2.33. The predicted octanol–water partition coefficient (Wildman–Crippen LogP) is 6.77. The third-order valence-electron chi connectivity index (χ3n) is 9.36. The molecule has 234 valence electrons. The van der Waals surface area contributed by atoms with Crippen molar-refractivity contribution < 1.29 is 0 Å². The Kier molecular flexibility index (Phi) is 14.8. The van der Waals surface area contributed by atoms with Crippen molar-refractivity contribution in [1.82, 2.24) is 15.5 Å². The van der Waals surface area contributed by atoms with Gasteiger partial charge >= 0.3 is 0 Å². The zero-order valence-corrected chi connectivity index (χ0v) is 27.6. The van der Waals surface area contributed by atoms with Gasteiger partial charge in [0.2, 0.25) is 0 Å². The Morgan fingerprint density at radius 2 is 1.78 bits per heavy atom. The molecule has 1 unspecified atom stereocenters. The minimum Gasteiger partial charge on any atom is -0.374 e. The lowest BCUT2D eigenvalue weighted by Crippen LogP contribution is -2.52. The number of likely N-dealkylation sites (tertiary alicyclic amines) is 1. The number of allylic oxidation sites excluding steroid dienone is 1. The van der Waals surface area contributed by atoms with Crippen LogP contribution in [0, 0.1) is 12.8 Å². The molecular weight excluding hydrogens is 504 g/mol. The van der Waals surface area contributed by atoms with Crippen molar-refractivity contribution in [3.8, 4) is 0 Å². The fourth-order valence-electron chi connectivity index (χ4n) is 7.02. The minimum atomic E-state index is -0.179. The monoisotopic (exact) mass is 569 g/mol. The summed E-state index contributed by atoms with van der Waals surface area (Å²) in [6.07, 6.45) is 16.9. The van der Waals surface area contributed by atoms with E-state index in [4.69, 9.17) is 5.73 Å². The van der Waals surface area contributed by atoms with Crippen molar-refractivity contribution in [2.24, 2.45) is 11.7 Å². The molecule has 1 aliphatic heterocycles. The smallest absolute Gasteiger partial charge is 0.129 e. The second kappa shape index (κ2) is 18.0. The summed E-state index contributed by atoms with van der Waals surface area (Å²) in [6, 6.07) is 5.46. The van der Waals surface area contributed by atoms with Crippen molar-refractivity contribution in [3.05, 3.63) is 35.0 Å². The SMILES string of the molecule is CCCCN(CC)c1cc(C)c(N(C)CCC)c(CC2CCC(NC(N)N/C=C(\C)CCCN3CCCC3)CC2)c1. The molecule has 1 aromatic carbocycles. The molecule has 0 bridgehead atoms. The molecule has 1 aliphatic carbocycles. The molecule has 3 rings (SSSR count). The summed E-state index contributed by atoms with van der Waals surface area (Å²) < 4.78 is 0. The first-order valence-electron chi connectivity index (χ1n) is 17.1. The van der Waals surface area contributed by atoms with Crippen molar-refractivity contribution in [1.29, 1.82) is 0 Å². The number of hydrogen-bond donors (Lipinski definition) is 3. The van der Waals surface area contributed by atoms with E-state index in [0.29, 0.717) is 6.04 Å². The van der Waals surface area contributed by atoms with E-state index >= 15 is 0 Å². The van der Waals surface area contributed by atoms with Crippen molar-refractivity contribution in [2.75, 3.05) is 56.1 Å². The Morgan fingerprint density at radius 1 is 1.05 bits per heavy atom. The second-order valence-electron chi connectivity index (χ2n) is 13.0. The van der Waals surface area contributed by atoms with Gasteiger partial charge in [-0.15, -0.1) is 0 Å². The first-order valence-corrected chi connectivity index (χ1v) is 17.1. The Hall–Kier alpha value is -1.76. The summed E-state index contributed by atoms with van der Waals surface area (Å²) in [6.45, 7) is 18.5. The molecule has 0 aromatic heterocycles. The number of nitrogens with two attached hydrogens (primary N) is 1. The maximum atomic E-state index is 6.45. The maximum Gasteiger partial charge on any atom is 0.129 e. The van der Waals surface area contributed by atoms with Crippen LogP contribution >= 0.6 is 0 Å². The van der Waals surface area contributed by atoms with Gasteiger partial charge in [0, 0.05) is 44.1 Å². The standard InChI is InChI=1S/C35H64N6/c1-7-10-23-41(9-3)33-24-29(5)34(39(6)19-8-2)31(26-33)25-30-15-17-32(18-16-30)38-35(36)37-27-28(4)14-13-22-40-20-11-12-21-40/h24,26-27,30,32,35,37-38H,7-23,25,36H2,1-6H3/b28-27+. The van der Waals surface area contributed by atoms with E-state index in [2.05, 4.69) is 85.3 Å². The summed E-state index contributed by atoms with van der Waals surface area (Å²) in [5.41, 5.74) is 13.7. The molecule has 1 saturated carbocycles. The molecule has 1 saturated heterocycles. The molecule has 4 N–H and O–H groups in total. The largest absolute Gasteiger partial charge is 0.374 e. The fourth-order valence-corrected chi connectivity index (χ4v) is 7.02. The number of rotatable bonds is 18. The van der Waals surface area contributed by atoms with Gasteiger partial charge in [-0.2, -0.15) is 0 Å². The molecule has 41 heavy (non-hydrogen) atoms. The van der Waals surface area contributed by atoms with Gasteiger partial charge in [-0.3, -0.25) is 11.1 Å². The molecule has 1 heterocycles. The first kappa shape index (κ1) is 33.7. The molecule has 1 aromatic rings. The van der Waals surface area contributed by atoms with Crippen LogP contribution < -0.4 is 26.2 Å². The number of unbranched alkanes of at least 4 members (excludes halogenated alkanes) is 1. The van der Waals surface area contributed by atoms with Crippen LogP contribution in [0.25, 0.3) is 0 Å². The van der Waals surface area contributed by atoms with E-state index in [1.807, 2.05) is 0 Å².